The van der Waals surface area contributed by atoms with Gasteiger partial charge in [0.2, 0.25) is 0 Å². The van der Waals surface area contributed by atoms with E-state index in [2.05, 4.69) is 24.3 Å². The third-order valence-corrected chi connectivity index (χ3v) is 1.71. The first-order chi connectivity index (χ1) is 3.39. The quantitative estimate of drug-likeness (QED) is 0.664. The molecule has 0 spiro atoms. The molecule has 0 aliphatic carbocycles. The number of benzene rings is 1. The zero-order chi connectivity index (χ0) is 5.11. The van der Waals surface area contributed by atoms with Gasteiger partial charge >= 0.3 is 58.3 Å². The van der Waals surface area contributed by atoms with Gasteiger partial charge in [-0.2, -0.15) is 0 Å². The van der Waals surface area contributed by atoms with Crippen molar-refractivity contribution < 1.29 is 24.7 Å². The van der Waals surface area contributed by atoms with Crippen LogP contribution in [-0.4, -0.2) is 0 Å². The predicted molar refractivity (Wildman–Crippen MR) is 26.1 cm³/mol. The Balaban J connectivity index is 3.02. The second-order valence-electron chi connectivity index (χ2n) is 1.30. The van der Waals surface area contributed by atoms with E-state index in [0.717, 1.165) is 0 Å². The summed E-state index contributed by atoms with van der Waals surface area (Å²) in [6.07, 6.45) is 0. The summed E-state index contributed by atoms with van der Waals surface area (Å²) in [6.45, 7) is 0. The summed E-state index contributed by atoms with van der Waals surface area (Å²) in [7, 11) is 0. The van der Waals surface area contributed by atoms with Crippen LogP contribution in [0, 0.1) is 24.7 Å². The molecule has 0 bridgehead atoms. The summed E-state index contributed by atoms with van der Waals surface area (Å²) in [5.74, 6) is 0. The van der Waals surface area contributed by atoms with E-state index in [1.807, 2.05) is 6.07 Å². The van der Waals surface area contributed by atoms with Crippen LogP contribution < -0.4 is 3.27 Å². The first-order valence-electron chi connectivity index (χ1n) is 2.10. The van der Waals surface area contributed by atoms with Crippen molar-refractivity contribution in [1.29, 1.82) is 0 Å². The van der Waals surface area contributed by atoms with Crippen molar-refractivity contribution in [2.75, 3.05) is 0 Å². The van der Waals surface area contributed by atoms with Crippen LogP contribution in [0.2, 0.25) is 0 Å². The van der Waals surface area contributed by atoms with E-state index in [-0.39, 0.29) is 0 Å². The third-order valence-electron chi connectivity index (χ3n) is 0.733. The van der Waals surface area contributed by atoms with Crippen LogP contribution in [-0.2, 0) is 0 Å². The van der Waals surface area contributed by atoms with Crippen LogP contribution in [0.5, 0.6) is 0 Å². The van der Waals surface area contributed by atoms with Gasteiger partial charge in [0.05, 0.1) is 0 Å². The molecule has 1 aromatic carbocycles. The van der Waals surface area contributed by atoms with E-state index in [1.54, 1.807) is 24.7 Å². The first-order valence-corrected chi connectivity index (χ1v) is 3.57. The summed E-state index contributed by atoms with van der Waals surface area (Å²) < 4.78 is 1.38. The van der Waals surface area contributed by atoms with Gasteiger partial charge < -0.3 is 0 Å². The van der Waals surface area contributed by atoms with Gasteiger partial charge in [0.1, 0.15) is 0 Å². The standard InChI is InChI=1S/C6H5At/c7-6-4-2-1-3-5-6/h1-5H/i7+1. The number of hydrogen-bond acceptors (Lipinski definition) is 0. The molecule has 0 saturated carbocycles. The summed E-state index contributed by atoms with van der Waals surface area (Å²) in [4.78, 5) is 0. The van der Waals surface area contributed by atoms with E-state index >= 15 is 0 Å². The third kappa shape index (κ3) is 1.56. The molecule has 0 aliphatic rings. The zero-order valence-corrected chi connectivity index (χ0v) is 6.70. The van der Waals surface area contributed by atoms with E-state index in [4.69, 9.17) is 0 Å². The molecule has 36 valence electrons. The Morgan fingerprint density at radius 2 is 1.57 bits per heavy atom. The van der Waals surface area contributed by atoms with Crippen LogP contribution >= 0.6 is 0 Å². The van der Waals surface area contributed by atoms with Crippen LogP contribution in [0.1, 0.15) is 0 Å². The maximum absolute atomic E-state index is 2.11. The van der Waals surface area contributed by atoms with Crippen molar-refractivity contribution in [2.45, 2.75) is 0 Å². The molecule has 0 aromatic heterocycles. The molecule has 0 fully saturated rings. The molecular weight excluding hydrogens is 283 g/mol. The second-order valence-corrected chi connectivity index (χ2v) is 2.99. The van der Waals surface area contributed by atoms with E-state index in [0.29, 0.717) is 0 Å². The predicted octanol–water partition coefficient (Wildman–Crippen LogP) is 0.861. The number of rotatable bonds is 0. The van der Waals surface area contributed by atoms with Crippen molar-refractivity contribution in [3.63, 3.8) is 0 Å². The molecule has 0 atom stereocenters. The minimum absolute atomic E-state index is 1.38. The van der Waals surface area contributed by atoms with E-state index in [1.165, 1.54) is 3.27 Å². The van der Waals surface area contributed by atoms with Crippen LogP contribution in [0.4, 0.5) is 0 Å². The van der Waals surface area contributed by atoms with E-state index in [9.17, 15) is 0 Å². The Labute approximate surface area is 58.4 Å². The van der Waals surface area contributed by atoms with Crippen LogP contribution in [0.15, 0.2) is 30.3 Å². The normalized spacial score (nSPS) is 8.71. The average Bonchev–Trinajstić information content (AvgIpc) is 1.69. The van der Waals surface area contributed by atoms with Crippen molar-refractivity contribution in [3.8, 4) is 0 Å². The van der Waals surface area contributed by atoms with Gasteiger partial charge in [-0.05, 0) is 0 Å². The molecule has 0 radical (unpaired) electrons. The molecule has 1 rings (SSSR count). The van der Waals surface area contributed by atoms with Crippen LogP contribution in [0.3, 0.4) is 0 Å². The van der Waals surface area contributed by atoms with Gasteiger partial charge in [0, 0.05) is 0 Å². The maximum atomic E-state index is 2.11. The SMILES string of the molecule is [211At]c1ccccc1. The molecule has 0 unspecified atom stereocenters. The van der Waals surface area contributed by atoms with Gasteiger partial charge in [0.25, 0.3) is 0 Å². The van der Waals surface area contributed by atoms with Crippen molar-refractivity contribution in [2.24, 2.45) is 0 Å². The average molecular weight is 288 g/mol. The Kier molecular flexibility index (Phi) is 1.81. The van der Waals surface area contributed by atoms with Gasteiger partial charge in [-0.15, -0.1) is 0 Å². The minimum atomic E-state index is 1.38. The van der Waals surface area contributed by atoms with Gasteiger partial charge in [-0.3, -0.25) is 0 Å². The molecular formula is C6H5At. The van der Waals surface area contributed by atoms with E-state index < -0.39 is 0 Å². The second kappa shape index (κ2) is 2.42. The topological polar surface area (TPSA) is 0 Å². The molecule has 0 heterocycles. The molecule has 0 aliphatic heterocycles. The van der Waals surface area contributed by atoms with Crippen LogP contribution in [0.25, 0.3) is 0 Å². The molecule has 0 N–H and O–H groups in total. The fourth-order valence-corrected chi connectivity index (χ4v) is 0.980. The molecule has 0 saturated heterocycles. The molecule has 0 nitrogen and oxygen atoms in total. The fraction of sp³-hybridized carbons (Fsp3) is 0. The molecule has 1 aromatic rings. The molecule has 0 amide bonds. The van der Waals surface area contributed by atoms with Crippen molar-refractivity contribution >= 4 is 3.27 Å². The summed E-state index contributed by atoms with van der Waals surface area (Å²) in [5, 5.41) is 0. The molecule has 1 heteroatoms. The Morgan fingerprint density at radius 1 is 1.00 bits per heavy atom. The zero-order valence-electron chi connectivity index (χ0n) is 3.76. The Bertz CT molecular complexity index is 134. The summed E-state index contributed by atoms with van der Waals surface area (Å²) in [6, 6.07) is 10.3. The Morgan fingerprint density at radius 3 is 1.86 bits per heavy atom. The monoisotopic (exact) mass is 288 g/mol. The summed E-state index contributed by atoms with van der Waals surface area (Å²) in [5.41, 5.74) is 0. The Hall–Kier alpha value is 0.103. The summed E-state index contributed by atoms with van der Waals surface area (Å²) >= 11 is 1.72. The van der Waals surface area contributed by atoms with Gasteiger partial charge in [0.15, 0.2) is 0 Å². The van der Waals surface area contributed by atoms with Gasteiger partial charge in [-0.1, -0.05) is 0 Å². The van der Waals surface area contributed by atoms with Crippen molar-refractivity contribution in [3.05, 3.63) is 30.3 Å². The van der Waals surface area contributed by atoms with Gasteiger partial charge in [-0.25, -0.2) is 0 Å². The fourth-order valence-electron chi connectivity index (χ4n) is 0.415. The first kappa shape index (κ1) is 5.24. The number of hydrogen-bond donors (Lipinski definition) is 0. The van der Waals surface area contributed by atoms with Crippen molar-refractivity contribution in [1.82, 2.24) is 0 Å². The molecule has 7 heavy (non-hydrogen) atoms.